The van der Waals surface area contributed by atoms with Gasteiger partial charge in [-0.1, -0.05) is 41.6 Å². The first-order valence-electron chi connectivity index (χ1n) is 9.68. The maximum absolute atomic E-state index is 12.8. The molecule has 2 aromatic carbocycles. The van der Waals surface area contributed by atoms with Crippen molar-refractivity contribution < 1.29 is 4.79 Å². The van der Waals surface area contributed by atoms with Gasteiger partial charge in [-0.15, -0.1) is 10.2 Å². The highest BCUT2D eigenvalue weighted by atomic mass is 35.5. The first kappa shape index (κ1) is 21.6. The van der Waals surface area contributed by atoms with Crippen molar-refractivity contribution >= 4 is 40.6 Å². The van der Waals surface area contributed by atoms with Crippen LogP contribution in [0.15, 0.2) is 70.8 Å². The van der Waals surface area contributed by atoms with Crippen LogP contribution in [0.3, 0.4) is 0 Å². The van der Waals surface area contributed by atoms with Crippen LogP contribution in [0, 0.1) is 13.8 Å². The van der Waals surface area contributed by atoms with Crippen LogP contribution in [0.25, 0.3) is 5.69 Å². The van der Waals surface area contributed by atoms with Crippen molar-refractivity contribution in [3.05, 3.63) is 92.9 Å². The highest BCUT2D eigenvalue weighted by Crippen LogP contribution is 2.26. The third-order valence-electron chi connectivity index (χ3n) is 5.00. The third-order valence-corrected chi connectivity index (χ3v) is 6.90. The summed E-state index contributed by atoms with van der Waals surface area (Å²) in [5.74, 6) is 0.156. The monoisotopic (exact) mass is 468 g/mol. The van der Waals surface area contributed by atoms with Crippen molar-refractivity contribution in [2.75, 3.05) is 5.75 Å². The molecule has 2 heterocycles. The fourth-order valence-electron chi connectivity index (χ4n) is 3.16. The molecular formula is C23H21ClN4OS2. The van der Waals surface area contributed by atoms with Gasteiger partial charge in [-0.3, -0.25) is 9.36 Å². The van der Waals surface area contributed by atoms with Crippen molar-refractivity contribution in [2.45, 2.75) is 25.0 Å². The smallest absolute Gasteiger partial charge is 0.231 e. The number of nitrogens with one attached hydrogen (secondary N) is 1. The second-order valence-corrected chi connectivity index (χ2v) is 9.31. The fourth-order valence-corrected chi connectivity index (χ4v) is 4.71. The van der Waals surface area contributed by atoms with Crippen LogP contribution < -0.4 is 5.32 Å². The minimum atomic E-state index is -0.228. The van der Waals surface area contributed by atoms with Gasteiger partial charge in [0.2, 0.25) is 5.91 Å². The summed E-state index contributed by atoms with van der Waals surface area (Å²) < 4.78 is 1.90. The van der Waals surface area contributed by atoms with Gasteiger partial charge in [0.1, 0.15) is 6.33 Å². The summed E-state index contributed by atoms with van der Waals surface area (Å²) in [6.07, 6.45) is 1.67. The van der Waals surface area contributed by atoms with Crippen LogP contribution >= 0.6 is 34.7 Å². The van der Waals surface area contributed by atoms with Crippen LogP contribution in [0.4, 0.5) is 0 Å². The molecule has 4 aromatic rings. The Morgan fingerprint density at radius 1 is 1.13 bits per heavy atom. The Labute approximate surface area is 194 Å². The number of hydrogen-bond donors (Lipinski definition) is 1. The maximum Gasteiger partial charge on any atom is 0.231 e. The summed E-state index contributed by atoms with van der Waals surface area (Å²) in [5, 5.41) is 16.8. The Bertz CT molecular complexity index is 1170. The van der Waals surface area contributed by atoms with Gasteiger partial charge in [0.25, 0.3) is 0 Å². The Hall–Kier alpha value is -2.61. The first-order chi connectivity index (χ1) is 15.0. The van der Waals surface area contributed by atoms with Crippen LogP contribution in [0.1, 0.15) is 28.3 Å². The van der Waals surface area contributed by atoms with E-state index < -0.39 is 0 Å². The molecule has 0 saturated carbocycles. The molecule has 0 aliphatic carbocycles. The number of halogens is 1. The van der Waals surface area contributed by atoms with Gasteiger partial charge in [-0.25, -0.2) is 0 Å². The standard InChI is InChI=1S/C23H21ClN4OS2/c1-15-3-8-20(11-16(15)2)28-14-25-27-23(28)31-13-21(29)26-22(18-9-10-30-12-18)17-4-6-19(24)7-5-17/h3-12,14,22H,13H2,1-2H3,(H,26,29). The Morgan fingerprint density at radius 3 is 2.65 bits per heavy atom. The number of aryl methyl sites for hydroxylation is 2. The van der Waals surface area contributed by atoms with Crippen molar-refractivity contribution in [2.24, 2.45) is 0 Å². The molecule has 0 bridgehead atoms. The van der Waals surface area contributed by atoms with Gasteiger partial charge in [0.15, 0.2) is 5.16 Å². The number of amides is 1. The topological polar surface area (TPSA) is 59.8 Å². The van der Waals surface area contributed by atoms with Gasteiger partial charge in [0.05, 0.1) is 11.8 Å². The molecule has 0 saturated heterocycles. The number of nitrogens with zero attached hydrogens (tertiary/aromatic N) is 3. The van der Waals surface area contributed by atoms with Crippen molar-refractivity contribution in [3.63, 3.8) is 0 Å². The quantitative estimate of drug-likeness (QED) is 0.359. The van der Waals surface area contributed by atoms with E-state index >= 15 is 0 Å². The molecule has 1 atom stereocenters. The van der Waals surface area contributed by atoms with E-state index in [4.69, 9.17) is 11.6 Å². The molecule has 8 heteroatoms. The second kappa shape index (κ2) is 9.68. The molecule has 0 aliphatic rings. The van der Waals surface area contributed by atoms with Crippen LogP contribution in [-0.2, 0) is 4.79 Å². The largest absolute Gasteiger partial charge is 0.344 e. The minimum absolute atomic E-state index is 0.0780. The van der Waals surface area contributed by atoms with E-state index in [2.05, 4.69) is 41.5 Å². The Morgan fingerprint density at radius 2 is 1.94 bits per heavy atom. The zero-order valence-corrected chi connectivity index (χ0v) is 19.5. The summed E-state index contributed by atoms with van der Waals surface area (Å²) in [6.45, 7) is 4.15. The van der Waals surface area contributed by atoms with Crippen LogP contribution in [0.5, 0.6) is 0 Å². The SMILES string of the molecule is Cc1ccc(-n2cnnc2SCC(=O)NC(c2ccc(Cl)cc2)c2ccsc2)cc1C. The lowest BCUT2D eigenvalue weighted by Crippen LogP contribution is -2.30. The normalized spacial score (nSPS) is 12.0. The van der Waals surface area contributed by atoms with E-state index in [-0.39, 0.29) is 17.7 Å². The zero-order chi connectivity index (χ0) is 21.8. The molecule has 31 heavy (non-hydrogen) atoms. The predicted molar refractivity (Wildman–Crippen MR) is 127 cm³/mol. The molecule has 4 rings (SSSR count). The molecule has 2 aromatic heterocycles. The molecule has 0 radical (unpaired) electrons. The van der Waals surface area contributed by atoms with E-state index in [0.29, 0.717) is 10.2 Å². The lowest BCUT2D eigenvalue weighted by Gasteiger charge is -2.18. The molecule has 158 valence electrons. The highest BCUT2D eigenvalue weighted by molar-refractivity contribution is 7.99. The second-order valence-electron chi connectivity index (χ2n) is 7.15. The van der Waals surface area contributed by atoms with E-state index in [1.54, 1.807) is 17.7 Å². The number of carbonyl (C=O) groups excluding carboxylic acids is 1. The summed E-state index contributed by atoms with van der Waals surface area (Å²) in [6, 6.07) is 15.5. The average Bonchev–Trinajstić information content (AvgIpc) is 3.45. The van der Waals surface area contributed by atoms with Crippen molar-refractivity contribution in [1.82, 2.24) is 20.1 Å². The van der Waals surface area contributed by atoms with E-state index in [9.17, 15) is 4.79 Å². The lowest BCUT2D eigenvalue weighted by atomic mass is 10.0. The van der Waals surface area contributed by atoms with Crippen LogP contribution in [0.2, 0.25) is 5.02 Å². The average molecular weight is 469 g/mol. The number of hydrogen-bond acceptors (Lipinski definition) is 5. The molecular weight excluding hydrogens is 448 g/mol. The number of rotatable bonds is 7. The zero-order valence-electron chi connectivity index (χ0n) is 17.1. The summed E-state index contributed by atoms with van der Waals surface area (Å²) in [7, 11) is 0. The molecule has 0 spiro atoms. The molecule has 0 fully saturated rings. The number of aromatic nitrogens is 3. The van der Waals surface area contributed by atoms with Gasteiger partial charge in [0, 0.05) is 10.7 Å². The van der Waals surface area contributed by atoms with E-state index in [1.807, 2.05) is 51.7 Å². The molecule has 0 aliphatic heterocycles. The van der Waals surface area contributed by atoms with Gasteiger partial charge in [-0.2, -0.15) is 11.3 Å². The summed E-state index contributed by atoms with van der Waals surface area (Å²) >= 11 is 9.00. The molecule has 1 unspecified atom stereocenters. The van der Waals surface area contributed by atoms with Crippen LogP contribution in [-0.4, -0.2) is 26.4 Å². The van der Waals surface area contributed by atoms with Gasteiger partial charge in [-0.05, 0) is 77.2 Å². The third kappa shape index (κ3) is 5.18. The summed E-state index contributed by atoms with van der Waals surface area (Å²) in [5.41, 5.74) is 5.44. The molecule has 1 amide bonds. The number of thiophene rings is 1. The van der Waals surface area contributed by atoms with Crippen molar-refractivity contribution in [3.8, 4) is 5.69 Å². The number of thioether (sulfide) groups is 1. The molecule has 1 N–H and O–H groups in total. The fraction of sp³-hybridized carbons (Fsp3) is 0.174. The number of carbonyl (C=O) groups is 1. The predicted octanol–water partition coefficient (Wildman–Crippen LogP) is 5.60. The Kier molecular flexibility index (Phi) is 6.75. The highest BCUT2D eigenvalue weighted by Gasteiger charge is 2.18. The Balaban J connectivity index is 1.47. The van der Waals surface area contributed by atoms with Crippen molar-refractivity contribution in [1.29, 1.82) is 0 Å². The number of benzene rings is 2. The lowest BCUT2D eigenvalue weighted by molar-refractivity contribution is -0.119. The van der Waals surface area contributed by atoms with E-state index in [0.717, 1.165) is 16.8 Å². The van der Waals surface area contributed by atoms with Gasteiger partial charge < -0.3 is 5.32 Å². The maximum atomic E-state index is 12.8. The first-order valence-corrected chi connectivity index (χ1v) is 12.0. The van der Waals surface area contributed by atoms with Gasteiger partial charge >= 0.3 is 0 Å². The minimum Gasteiger partial charge on any atom is -0.344 e. The van der Waals surface area contributed by atoms with E-state index in [1.165, 1.54) is 22.9 Å². The summed E-state index contributed by atoms with van der Waals surface area (Å²) in [4.78, 5) is 12.8. The molecule has 5 nitrogen and oxygen atoms in total.